The Bertz CT molecular complexity index is 861. The van der Waals surface area contributed by atoms with Crippen LogP contribution in [0.5, 0.6) is 5.88 Å². The van der Waals surface area contributed by atoms with Gasteiger partial charge in [-0.15, -0.1) is 0 Å². The lowest BCUT2D eigenvalue weighted by molar-refractivity contribution is 0.286. The van der Waals surface area contributed by atoms with E-state index >= 15 is 0 Å². The first-order chi connectivity index (χ1) is 11.7. The van der Waals surface area contributed by atoms with Crippen LogP contribution in [-0.4, -0.2) is 33.1 Å². The van der Waals surface area contributed by atoms with Crippen molar-refractivity contribution in [2.24, 2.45) is 0 Å². The summed E-state index contributed by atoms with van der Waals surface area (Å²) in [5.74, 6) is 0.139. The molecule has 3 aromatic rings. The van der Waals surface area contributed by atoms with E-state index in [1.54, 1.807) is 0 Å². The molecule has 2 heterocycles. The second kappa shape index (κ2) is 7.16. The van der Waals surface area contributed by atoms with Crippen molar-refractivity contribution in [1.82, 2.24) is 14.9 Å². The zero-order valence-electron chi connectivity index (χ0n) is 13.7. The first-order valence-electron chi connectivity index (χ1n) is 8.07. The molecule has 24 heavy (non-hydrogen) atoms. The van der Waals surface area contributed by atoms with Gasteiger partial charge in [0.2, 0.25) is 0 Å². The minimum absolute atomic E-state index is 0.139. The molecule has 0 unspecified atom stereocenters. The van der Waals surface area contributed by atoms with E-state index in [0.29, 0.717) is 6.42 Å². The molecule has 5 nitrogen and oxygen atoms in total. The zero-order chi connectivity index (χ0) is 16.9. The van der Waals surface area contributed by atoms with Gasteiger partial charge in [-0.05, 0) is 24.2 Å². The van der Waals surface area contributed by atoms with Gasteiger partial charge in [0.15, 0.2) is 5.88 Å². The summed E-state index contributed by atoms with van der Waals surface area (Å²) in [6.45, 7) is 4.51. The van der Waals surface area contributed by atoms with Gasteiger partial charge in [0.25, 0.3) is 0 Å². The molecule has 0 saturated carbocycles. The molecule has 3 rings (SSSR count). The van der Waals surface area contributed by atoms with Crippen molar-refractivity contribution in [2.45, 2.75) is 19.9 Å². The Morgan fingerprint density at radius 3 is 2.79 bits per heavy atom. The minimum atomic E-state index is 0.139. The molecule has 0 saturated heterocycles. The second-order valence-electron chi connectivity index (χ2n) is 5.72. The van der Waals surface area contributed by atoms with Gasteiger partial charge >= 0.3 is 0 Å². The molecule has 2 N–H and O–H groups in total. The summed E-state index contributed by atoms with van der Waals surface area (Å²) in [5.41, 5.74) is 3.46. The number of rotatable bonds is 6. The number of nitrogens with one attached hydrogen (secondary N) is 1. The van der Waals surface area contributed by atoms with Crippen LogP contribution in [0.2, 0.25) is 0 Å². The number of H-pyrrole nitrogens is 1. The van der Waals surface area contributed by atoms with Crippen LogP contribution in [0.25, 0.3) is 22.2 Å². The summed E-state index contributed by atoms with van der Waals surface area (Å²) in [7, 11) is 0. The number of benzene rings is 1. The number of para-hydroxylation sites is 1. The van der Waals surface area contributed by atoms with Crippen molar-refractivity contribution in [3.63, 3.8) is 0 Å². The Balaban J connectivity index is 1.84. The number of aromatic hydroxyl groups is 1. The van der Waals surface area contributed by atoms with Crippen LogP contribution in [0, 0.1) is 11.3 Å². The molecular weight excluding hydrogens is 300 g/mol. The fourth-order valence-electron chi connectivity index (χ4n) is 2.87. The van der Waals surface area contributed by atoms with Gasteiger partial charge in [0.05, 0.1) is 17.3 Å². The van der Waals surface area contributed by atoms with E-state index < -0.39 is 0 Å². The molecular formula is C19H20N4O. The molecule has 1 aromatic carbocycles. The molecule has 0 aliphatic heterocycles. The molecule has 0 amide bonds. The van der Waals surface area contributed by atoms with Gasteiger partial charge in [-0.1, -0.05) is 31.2 Å². The second-order valence-corrected chi connectivity index (χ2v) is 5.72. The first-order valence-corrected chi connectivity index (χ1v) is 8.07. The van der Waals surface area contributed by atoms with Crippen LogP contribution in [0.15, 0.2) is 42.6 Å². The van der Waals surface area contributed by atoms with Gasteiger partial charge in [0.1, 0.15) is 0 Å². The maximum Gasteiger partial charge on any atom is 0.199 e. The largest absolute Gasteiger partial charge is 0.494 e. The number of hydrogen-bond donors (Lipinski definition) is 2. The van der Waals surface area contributed by atoms with Gasteiger partial charge in [0, 0.05) is 36.6 Å². The van der Waals surface area contributed by atoms with Crippen LogP contribution < -0.4 is 0 Å². The third-order valence-corrected chi connectivity index (χ3v) is 4.16. The van der Waals surface area contributed by atoms with Gasteiger partial charge in [-0.3, -0.25) is 9.88 Å². The van der Waals surface area contributed by atoms with Crippen molar-refractivity contribution < 1.29 is 5.11 Å². The smallest absolute Gasteiger partial charge is 0.199 e. The average Bonchev–Trinajstić information content (AvgIpc) is 2.95. The number of nitriles is 1. The quantitative estimate of drug-likeness (QED) is 0.726. The zero-order valence-corrected chi connectivity index (χ0v) is 13.7. The Hall–Kier alpha value is -2.84. The number of pyridine rings is 1. The summed E-state index contributed by atoms with van der Waals surface area (Å²) in [5, 5.41) is 19.9. The Morgan fingerprint density at radius 2 is 2.08 bits per heavy atom. The lowest BCUT2D eigenvalue weighted by Gasteiger charge is -2.18. The predicted octanol–water partition coefficient (Wildman–Crippen LogP) is 3.67. The van der Waals surface area contributed by atoms with Crippen LogP contribution in [0.4, 0.5) is 0 Å². The Labute approximate surface area is 141 Å². The first kappa shape index (κ1) is 16.0. The van der Waals surface area contributed by atoms with E-state index in [2.05, 4.69) is 27.9 Å². The predicted molar refractivity (Wildman–Crippen MR) is 94.4 cm³/mol. The molecule has 5 heteroatoms. The maximum atomic E-state index is 10.2. The van der Waals surface area contributed by atoms with E-state index in [1.165, 1.54) is 0 Å². The molecule has 0 spiro atoms. The lowest BCUT2D eigenvalue weighted by Crippen LogP contribution is -2.23. The number of aromatic nitrogens is 2. The van der Waals surface area contributed by atoms with Crippen LogP contribution in [0.1, 0.15) is 18.9 Å². The van der Waals surface area contributed by atoms with Gasteiger partial charge in [-0.2, -0.15) is 5.26 Å². The van der Waals surface area contributed by atoms with E-state index in [9.17, 15) is 5.11 Å². The summed E-state index contributed by atoms with van der Waals surface area (Å²) in [4.78, 5) is 9.72. The number of fused-ring (bicyclic) bond motifs is 1. The molecule has 0 aliphatic carbocycles. The van der Waals surface area contributed by atoms with Gasteiger partial charge in [-0.25, -0.2) is 0 Å². The van der Waals surface area contributed by atoms with Crippen LogP contribution in [0.3, 0.4) is 0 Å². The molecule has 0 radical (unpaired) electrons. The third-order valence-electron chi connectivity index (χ3n) is 4.16. The molecule has 0 aliphatic rings. The highest BCUT2D eigenvalue weighted by atomic mass is 16.3. The Kier molecular flexibility index (Phi) is 4.78. The third kappa shape index (κ3) is 3.24. The fourth-order valence-corrected chi connectivity index (χ4v) is 2.87. The lowest BCUT2D eigenvalue weighted by atomic mass is 10.1. The van der Waals surface area contributed by atoms with E-state index in [0.717, 1.165) is 47.4 Å². The Morgan fingerprint density at radius 1 is 1.25 bits per heavy atom. The van der Waals surface area contributed by atoms with Crippen LogP contribution in [-0.2, 0) is 6.54 Å². The highest BCUT2D eigenvalue weighted by Gasteiger charge is 2.13. The summed E-state index contributed by atoms with van der Waals surface area (Å²) in [6.07, 6.45) is 2.37. The molecule has 0 fully saturated rings. The number of aromatic amines is 1. The molecule has 2 aromatic heterocycles. The molecule has 0 bridgehead atoms. The van der Waals surface area contributed by atoms with E-state index in [1.807, 2.05) is 42.6 Å². The SMILES string of the molecule is CCN(CCC#N)Cc1ccc(-c2c(O)[nH]c3ccccc23)nc1. The van der Waals surface area contributed by atoms with Crippen molar-refractivity contribution in [2.75, 3.05) is 13.1 Å². The van der Waals surface area contributed by atoms with Crippen molar-refractivity contribution in [1.29, 1.82) is 5.26 Å². The highest BCUT2D eigenvalue weighted by molar-refractivity contribution is 5.97. The fraction of sp³-hybridized carbons (Fsp3) is 0.263. The van der Waals surface area contributed by atoms with Gasteiger partial charge < -0.3 is 10.1 Å². The maximum absolute atomic E-state index is 10.2. The highest BCUT2D eigenvalue weighted by Crippen LogP contribution is 2.35. The monoisotopic (exact) mass is 320 g/mol. The number of nitrogens with zero attached hydrogens (tertiary/aromatic N) is 3. The van der Waals surface area contributed by atoms with E-state index in [-0.39, 0.29) is 5.88 Å². The minimum Gasteiger partial charge on any atom is -0.494 e. The average molecular weight is 320 g/mol. The van der Waals surface area contributed by atoms with Crippen molar-refractivity contribution >= 4 is 10.9 Å². The van der Waals surface area contributed by atoms with E-state index in [4.69, 9.17) is 5.26 Å². The molecule has 122 valence electrons. The topological polar surface area (TPSA) is 75.9 Å². The summed E-state index contributed by atoms with van der Waals surface area (Å²) >= 11 is 0. The summed E-state index contributed by atoms with van der Waals surface area (Å²) < 4.78 is 0. The molecule has 0 atom stereocenters. The van der Waals surface area contributed by atoms with Crippen molar-refractivity contribution in [3.05, 3.63) is 48.2 Å². The number of hydrogen-bond acceptors (Lipinski definition) is 4. The normalized spacial score (nSPS) is 11.0. The standard InChI is InChI=1S/C19H20N4O/c1-2-23(11-5-10-20)13-14-8-9-17(21-12-14)18-15-6-3-4-7-16(15)22-19(18)24/h3-4,6-9,12,22,24H,2,5,11,13H2,1H3. The van der Waals surface area contributed by atoms with Crippen molar-refractivity contribution in [3.8, 4) is 23.2 Å². The van der Waals surface area contributed by atoms with Crippen LogP contribution >= 0.6 is 0 Å². The summed E-state index contributed by atoms with van der Waals surface area (Å²) in [6, 6.07) is 13.9.